The average molecular weight is 556 g/mol. The Kier molecular flexibility index (Phi) is 8.47. The first kappa shape index (κ1) is 28.1. The van der Waals surface area contributed by atoms with E-state index in [9.17, 15) is 14.0 Å². The molecule has 0 spiro atoms. The van der Waals surface area contributed by atoms with Crippen LogP contribution >= 0.6 is 0 Å². The predicted molar refractivity (Wildman–Crippen MR) is 156 cm³/mol. The molecular weight excluding hydrogens is 521 g/mol. The Morgan fingerprint density at radius 2 is 1.88 bits per heavy atom. The van der Waals surface area contributed by atoms with E-state index in [1.54, 1.807) is 13.0 Å². The number of pyridine rings is 2. The molecule has 0 bridgehead atoms. The van der Waals surface area contributed by atoms with Gasteiger partial charge in [-0.15, -0.1) is 0 Å². The van der Waals surface area contributed by atoms with Gasteiger partial charge >= 0.3 is 0 Å². The molecule has 9 nitrogen and oxygen atoms in total. The van der Waals surface area contributed by atoms with Gasteiger partial charge in [0, 0.05) is 74.6 Å². The minimum absolute atomic E-state index is 0.0489. The maximum Gasteiger partial charge on any atom is 0.251 e. The maximum absolute atomic E-state index is 14.8. The third kappa shape index (κ3) is 6.32. The Labute approximate surface area is 238 Å². The normalized spacial score (nSPS) is 14.6. The number of piperidine rings is 1. The molecule has 0 saturated carbocycles. The predicted octanol–water partition coefficient (Wildman–Crippen LogP) is 4.60. The summed E-state index contributed by atoms with van der Waals surface area (Å²) in [5, 5.41) is 6.14. The van der Waals surface area contributed by atoms with Crippen LogP contribution in [-0.2, 0) is 11.2 Å². The number of hydrogen-bond donors (Lipinski definition) is 2. The highest BCUT2D eigenvalue weighted by atomic mass is 19.1. The molecule has 10 heteroatoms. The summed E-state index contributed by atoms with van der Waals surface area (Å²) in [5.74, 6) is 0.459. The number of fused-ring (bicyclic) bond motifs is 1. The SMILES string of the molecule is CNC(=O)c1ccnc2c([C@H](C)CNc3cc(-c4ccc(CC5CCN(C(C)=O)CC5)nc4)ncn3)ccc(F)c12. The third-order valence-corrected chi connectivity index (χ3v) is 7.81. The lowest BCUT2D eigenvalue weighted by atomic mass is 9.92. The van der Waals surface area contributed by atoms with Crippen molar-refractivity contribution < 1.29 is 14.0 Å². The van der Waals surface area contributed by atoms with Gasteiger partial charge in [-0.2, -0.15) is 0 Å². The molecule has 0 unspecified atom stereocenters. The van der Waals surface area contributed by atoms with E-state index in [1.165, 1.54) is 31.7 Å². The Morgan fingerprint density at radius 3 is 2.59 bits per heavy atom. The van der Waals surface area contributed by atoms with Gasteiger partial charge in [-0.3, -0.25) is 19.6 Å². The monoisotopic (exact) mass is 555 g/mol. The van der Waals surface area contributed by atoms with E-state index in [-0.39, 0.29) is 28.7 Å². The number of anilines is 1. The summed E-state index contributed by atoms with van der Waals surface area (Å²) in [4.78, 5) is 43.7. The van der Waals surface area contributed by atoms with E-state index in [0.29, 0.717) is 23.8 Å². The second-order valence-electron chi connectivity index (χ2n) is 10.6. The van der Waals surface area contributed by atoms with Crippen LogP contribution in [0.25, 0.3) is 22.2 Å². The molecule has 2 amide bonds. The quantitative estimate of drug-likeness (QED) is 0.327. The fourth-order valence-electron chi connectivity index (χ4n) is 5.39. The highest BCUT2D eigenvalue weighted by molar-refractivity contribution is 6.06. The second kappa shape index (κ2) is 12.4. The zero-order valence-corrected chi connectivity index (χ0v) is 23.5. The molecule has 2 N–H and O–H groups in total. The van der Waals surface area contributed by atoms with Crippen LogP contribution in [0.1, 0.15) is 54.2 Å². The first-order valence-corrected chi connectivity index (χ1v) is 13.9. The van der Waals surface area contributed by atoms with Crippen molar-refractivity contribution in [3.05, 3.63) is 77.8 Å². The van der Waals surface area contributed by atoms with Gasteiger partial charge in [0.1, 0.15) is 18.0 Å². The number of benzene rings is 1. The number of hydrogen-bond acceptors (Lipinski definition) is 7. The molecule has 1 atom stereocenters. The van der Waals surface area contributed by atoms with E-state index in [1.807, 2.05) is 36.2 Å². The Morgan fingerprint density at radius 1 is 1.07 bits per heavy atom. The summed E-state index contributed by atoms with van der Waals surface area (Å²) in [7, 11) is 1.52. The standard InChI is InChI=1S/C31H34FN7O2/c1-19(24-6-7-26(32)29-25(31(41)33-3)8-11-34-30(24)29)16-36-28-15-27(37-18-38-28)22-4-5-23(35-17-22)14-21-9-12-39(13-10-21)20(2)40/h4-8,11,15,17-19,21H,9-10,12-14,16H2,1-3H3,(H,33,41)(H,36,37,38)/t19-/m1/s1. The molecule has 1 aliphatic rings. The minimum atomic E-state index is -0.478. The van der Waals surface area contributed by atoms with Gasteiger partial charge in [0.2, 0.25) is 5.91 Å². The first-order chi connectivity index (χ1) is 19.8. The van der Waals surface area contributed by atoms with Gasteiger partial charge in [-0.1, -0.05) is 13.0 Å². The topological polar surface area (TPSA) is 113 Å². The molecule has 1 saturated heterocycles. The van der Waals surface area contributed by atoms with Crippen LogP contribution < -0.4 is 10.6 Å². The molecular formula is C31H34FN7O2. The Balaban J connectivity index is 1.24. The highest BCUT2D eigenvalue weighted by Crippen LogP contribution is 2.29. The number of halogens is 1. The lowest BCUT2D eigenvalue weighted by molar-refractivity contribution is -0.130. The highest BCUT2D eigenvalue weighted by Gasteiger charge is 2.22. The van der Waals surface area contributed by atoms with Crippen LogP contribution in [0.5, 0.6) is 0 Å². The molecule has 1 aliphatic heterocycles. The lowest BCUT2D eigenvalue weighted by Crippen LogP contribution is -2.37. The number of amides is 2. The number of aromatic nitrogens is 4. The molecule has 1 fully saturated rings. The molecule has 41 heavy (non-hydrogen) atoms. The number of carbonyl (C=O) groups excluding carboxylic acids is 2. The van der Waals surface area contributed by atoms with E-state index >= 15 is 0 Å². The zero-order chi connectivity index (χ0) is 28.9. The molecule has 212 valence electrons. The number of likely N-dealkylation sites (tertiary alicyclic amines) is 1. The summed E-state index contributed by atoms with van der Waals surface area (Å²) in [6.45, 7) is 5.80. The van der Waals surface area contributed by atoms with Crippen molar-refractivity contribution in [3.63, 3.8) is 0 Å². The summed E-state index contributed by atoms with van der Waals surface area (Å²) < 4.78 is 14.8. The molecule has 0 aliphatic carbocycles. The Hall–Kier alpha value is -4.47. The molecule has 5 rings (SSSR count). The molecule has 3 aromatic heterocycles. The van der Waals surface area contributed by atoms with Gasteiger partial charge in [-0.25, -0.2) is 14.4 Å². The summed E-state index contributed by atoms with van der Waals surface area (Å²) in [6, 6.07) is 10.6. The molecule has 4 aromatic rings. The minimum Gasteiger partial charge on any atom is -0.369 e. The van der Waals surface area contributed by atoms with Crippen molar-refractivity contribution in [1.29, 1.82) is 0 Å². The largest absolute Gasteiger partial charge is 0.369 e. The molecule has 0 radical (unpaired) electrons. The summed E-state index contributed by atoms with van der Waals surface area (Å²) in [6.07, 6.45) is 7.79. The van der Waals surface area contributed by atoms with Crippen molar-refractivity contribution in [2.45, 2.75) is 39.0 Å². The van der Waals surface area contributed by atoms with Crippen LogP contribution in [-0.4, -0.2) is 63.3 Å². The smallest absolute Gasteiger partial charge is 0.251 e. The van der Waals surface area contributed by atoms with Gasteiger partial charge in [0.25, 0.3) is 5.91 Å². The Bertz CT molecular complexity index is 1550. The third-order valence-electron chi connectivity index (χ3n) is 7.81. The van der Waals surface area contributed by atoms with Crippen LogP contribution in [0.2, 0.25) is 0 Å². The lowest BCUT2D eigenvalue weighted by Gasteiger charge is -2.31. The fourth-order valence-corrected chi connectivity index (χ4v) is 5.39. The van der Waals surface area contributed by atoms with Crippen molar-refractivity contribution in [3.8, 4) is 11.3 Å². The average Bonchev–Trinajstić information content (AvgIpc) is 3.00. The second-order valence-corrected chi connectivity index (χ2v) is 10.6. The number of carbonyl (C=O) groups is 2. The van der Waals surface area contributed by atoms with E-state index in [4.69, 9.17) is 0 Å². The van der Waals surface area contributed by atoms with Crippen LogP contribution in [0.4, 0.5) is 10.2 Å². The van der Waals surface area contributed by atoms with Gasteiger partial charge < -0.3 is 15.5 Å². The van der Waals surface area contributed by atoms with E-state index in [2.05, 4.69) is 30.6 Å². The van der Waals surface area contributed by atoms with Crippen LogP contribution in [0.3, 0.4) is 0 Å². The van der Waals surface area contributed by atoms with E-state index < -0.39 is 5.82 Å². The van der Waals surface area contributed by atoms with Crippen molar-refractivity contribution in [2.24, 2.45) is 5.92 Å². The molecule has 1 aromatic carbocycles. The van der Waals surface area contributed by atoms with Crippen molar-refractivity contribution >= 4 is 28.5 Å². The maximum atomic E-state index is 14.8. The number of rotatable bonds is 8. The summed E-state index contributed by atoms with van der Waals surface area (Å²) in [5.41, 5.74) is 4.26. The molecule has 4 heterocycles. The number of nitrogens with one attached hydrogen (secondary N) is 2. The van der Waals surface area contributed by atoms with Crippen molar-refractivity contribution in [2.75, 3.05) is 32.0 Å². The van der Waals surface area contributed by atoms with Crippen molar-refractivity contribution in [1.82, 2.24) is 30.2 Å². The van der Waals surface area contributed by atoms with Gasteiger partial charge in [-0.05, 0) is 55.0 Å². The fraction of sp³-hybridized carbons (Fsp3) is 0.355. The summed E-state index contributed by atoms with van der Waals surface area (Å²) >= 11 is 0. The number of nitrogens with zero attached hydrogens (tertiary/aromatic N) is 5. The van der Waals surface area contributed by atoms with Gasteiger partial charge in [0.15, 0.2) is 0 Å². The van der Waals surface area contributed by atoms with E-state index in [0.717, 1.165) is 54.9 Å². The van der Waals surface area contributed by atoms with Crippen LogP contribution in [0, 0.1) is 11.7 Å². The van der Waals surface area contributed by atoms with Gasteiger partial charge in [0.05, 0.1) is 16.8 Å². The van der Waals surface area contributed by atoms with Crippen LogP contribution in [0.15, 0.2) is 55.1 Å². The first-order valence-electron chi connectivity index (χ1n) is 13.9. The zero-order valence-electron chi connectivity index (χ0n) is 23.5.